The van der Waals surface area contributed by atoms with Crippen LogP contribution in [0.4, 0.5) is 10.2 Å². The van der Waals surface area contributed by atoms with Gasteiger partial charge in [0.2, 0.25) is 10.0 Å². The van der Waals surface area contributed by atoms with Crippen molar-refractivity contribution >= 4 is 21.8 Å². The van der Waals surface area contributed by atoms with Crippen molar-refractivity contribution in [3.63, 3.8) is 0 Å². The number of sulfonamides is 1. The van der Waals surface area contributed by atoms with E-state index in [1.54, 1.807) is 0 Å². The van der Waals surface area contributed by atoms with E-state index in [2.05, 4.69) is 4.98 Å². The topological polar surface area (TPSA) is 90.8 Å². The lowest BCUT2D eigenvalue weighted by molar-refractivity contribution is 0.0697. The molecule has 1 unspecified atom stereocenters. The van der Waals surface area contributed by atoms with Crippen molar-refractivity contribution in [2.75, 3.05) is 32.1 Å². The van der Waals surface area contributed by atoms with Gasteiger partial charge in [0.15, 0.2) is 0 Å². The fraction of sp³-hybridized carbons (Fsp3) is 0.500. The number of rotatable bonds is 4. The van der Waals surface area contributed by atoms with Crippen LogP contribution in [-0.4, -0.2) is 62.1 Å². The lowest BCUT2D eigenvalue weighted by atomic mass is 10.2. The first-order valence-electron chi connectivity index (χ1n) is 6.28. The second-order valence-electron chi connectivity index (χ2n) is 4.97. The Bertz CT molecular complexity index is 662. The molecular formula is C12H16FN3O4S. The molecule has 9 heteroatoms. The van der Waals surface area contributed by atoms with Crippen LogP contribution in [0.1, 0.15) is 16.8 Å². The number of carbonyl (C=O) groups is 1. The molecule has 0 amide bonds. The Morgan fingerprint density at radius 2 is 2.19 bits per heavy atom. The van der Waals surface area contributed by atoms with Crippen molar-refractivity contribution in [2.45, 2.75) is 17.5 Å². The number of nitrogens with zero attached hydrogens (tertiary/aromatic N) is 3. The van der Waals surface area contributed by atoms with Crippen LogP contribution in [0.3, 0.4) is 0 Å². The Kier molecular flexibility index (Phi) is 4.15. The van der Waals surface area contributed by atoms with Crippen molar-refractivity contribution in [3.05, 3.63) is 17.8 Å². The summed E-state index contributed by atoms with van der Waals surface area (Å²) in [5, 5.41) is 9.25. The summed E-state index contributed by atoms with van der Waals surface area (Å²) in [4.78, 5) is 16.6. The molecule has 0 radical (unpaired) electrons. The minimum atomic E-state index is -3.77. The number of aromatic nitrogens is 1. The normalized spacial score (nSPS) is 19.2. The molecule has 1 aromatic heterocycles. The van der Waals surface area contributed by atoms with Crippen LogP contribution < -0.4 is 4.90 Å². The molecule has 1 saturated heterocycles. The first kappa shape index (κ1) is 15.6. The lowest BCUT2D eigenvalue weighted by Gasteiger charge is -2.19. The second kappa shape index (κ2) is 5.57. The summed E-state index contributed by atoms with van der Waals surface area (Å²) in [6, 6.07) is 1.06. The van der Waals surface area contributed by atoms with Crippen LogP contribution in [0, 0.1) is 0 Å². The van der Waals surface area contributed by atoms with Crippen LogP contribution in [0.2, 0.25) is 0 Å². The number of halogens is 1. The van der Waals surface area contributed by atoms with Crippen molar-refractivity contribution in [2.24, 2.45) is 0 Å². The first-order chi connectivity index (χ1) is 9.73. The van der Waals surface area contributed by atoms with Gasteiger partial charge in [0.1, 0.15) is 22.4 Å². The van der Waals surface area contributed by atoms with Crippen LogP contribution in [-0.2, 0) is 10.0 Å². The Morgan fingerprint density at radius 3 is 2.67 bits per heavy atom. The zero-order chi connectivity index (χ0) is 15.8. The Balaban J connectivity index is 2.48. The van der Waals surface area contributed by atoms with Crippen molar-refractivity contribution in [1.29, 1.82) is 0 Å². The van der Waals surface area contributed by atoms with Crippen LogP contribution in [0.25, 0.3) is 0 Å². The average Bonchev–Trinajstić information content (AvgIpc) is 2.84. The highest BCUT2D eigenvalue weighted by atomic mass is 32.2. The molecule has 1 fully saturated rings. The highest BCUT2D eigenvalue weighted by molar-refractivity contribution is 7.89. The smallest absolute Gasteiger partial charge is 0.339 e. The summed E-state index contributed by atoms with van der Waals surface area (Å²) >= 11 is 0. The van der Waals surface area contributed by atoms with E-state index in [-0.39, 0.29) is 22.8 Å². The molecule has 1 atom stereocenters. The van der Waals surface area contributed by atoms with Crippen molar-refractivity contribution in [3.8, 4) is 0 Å². The van der Waals surface area contributed by atoms with Gasteiger partial charge >= 0.3 is 5.97 Å². The molecular weight excluding hydrogens is 301 g/mol. The third kappa shape index (κ3) is 2.98. The van der Waals surface area contributed by atoms with Crippen LogP contribution in [0.15, 0.2) is 17.2 Å². The number of hydrogen-bond donors (Lipinski definition) is 1. The molecule has 2 heterocycles. The van der Waals surface area contributed by atoms with E-state index in [4.69, 9.17) is 0 Å². The van der Waals surface area contributed by atoms with Gasteiger partial charge in [-0.3, -0.25) is 0 Å². The zero-order valence-corrected chi connectivity index (χ0v) is 12.5. The summed E-state index contributed by atoms with van der Waals surface area (Å²) in [5.41, 5.74) is -0.243. The number of hydrogen-bond acceptors (Lipinski definition) is 5. The second-order valence-corrected chi connectivity index (χ2v) is 7.12. The Morgan fingerprint density at radius 1 is 1.52 bits per heavy atom. The minimum Gasteiger partial charge on any atom is -0.478 e. The Hall–Kier alpha value is -1.74. The van der Waals surface area contributed by atoms with Gasteiger partial charge in [-0.25, -0.2) is 26.9 Å². The molecule has 1 aliphatic heterocycles. The van der Waals surface area contributed by atoms with Gasteiger partial charge in [-0.15, -0.1) is 0 Å². The summed E-state index contributed by atoms with van der Waals surface area (Å²) in [6.45, 7) is 0.418. The quantitative estimate of drug-likeness (QED) is 0.873. The largest absolute Gasteiger partial charge is 0.478 e. The molecule has 0 bridgehead atoms. The van der Waals surface area contributed by atoms with E-state index < -0.39 is 22.2 Å². The Labute approximate surface area is 122 Å². The van der Waals surface area contributed by atoms with Gasteiger partial charge in [-0.2, -0.15) is 0 Å². The third-order valence-corrected chi connectivity index (χ3v) is 5.06. The number of aromatic carboxylic acids is 1. The SMILES string of the molecule is CN(C)S(=O)(=O)c1cnc(N2CCC(F)C2)c(C(=O)O)c1. The third-order valence-electron chi connectivity index (χ3n) is 3.28. The maximum atomic E-state index is 13.2. The van der Waals surface area contributed by atoms with Gasteiger partial charge in [0, 0.05) is 26.8 Å². The van der Waals surface area contributed by atoms with Crippen LogP contribution >= 0.6 is 0 Å². The molecule has 7 nitrogen and oxygen atoms in total. The fourth-order valence-electron chi connectivity index (χ4n) is 2.11. The molecule has 1 aliphatic rings. The average molecular weight is 317 g/mol. The lowest BCUT2D eigenvalue weighted by Crippen LogP contribution is -2.26. The van der Waals surface area contributed by atoms with Crippen LogP contribution in [0.5, 0.6) is 0 Å². The molecule has 21 heavy (non-hydrogen) atoms. The highest BCUT2D eigenvalue weighted by Crippen LogP contribution is 2.26. The summed E-state index contributed by atoms with van der Waals surface area (Å²) in [6.07, 6.45) is 0.375. The molecule has 0 aliphatic carbocycles. The van der Waals surface area contributed by atoms with Gasteiger partial charge in [-0.1, -0.05) is 0 Å². The number of pyridine rings is 1. The number of carboxylic acid groups (broad SMARTS) is 1. The van der Waals surface area contributed by atoms with Gasteiger partial charge in [0.05, 0.1) is 6.54 Å². The fourth-order valence-corrected chi connectivity index (χ4v) is 2.98. The molecule has 1 aromatic rings. The predicted molar refractivity (Wildman–Crippen MR) is 73.8 cm³/mol. The van der Waals surface area contributed by atoms with Gasteiger partial charge < -0.3 is 10.0 Å². The van der Waals surface area contributed by atoms with E-state index >= 15 is 0 Å². The maximum Gasteiger partial charge on any atom is 0.339 e. The van der Waals surface area contributed by atoms with Crippen molar-refractivity contribution in [1.82, 2.24) is 9.29 Å². The molecule has 1 N–H and O–H groups in total. The number of alkyl halides is 1. The van der Waals surface area contributed by atoms with Gasteiger partial charge in [-0.05, 0) is 12.5 Å². The zero-order valence-electron chi connectivity index (χ0n) is 11.7. The number of carboxylic acids is 1. The summed E-state index contributed by atoms with van der Waals surface area (Å²) in [7, 11) is -1.08. The van der Waals surface area contributed by atoms with E-state index in [0.717, 1.165) is 16.6 Å². The summed E-state index contributed by atoms with van der Waals surface area (Å²) < 4.78 is 38.2. The standard InChI is InChI=1S/C12H16FN3O4S/c1-15(2)21(19,20)9-5-10(12(17)18)11(14-6-9)16-4-3-8(13)7-16/h5-6,8H,3-4,7H2,1-2H3,(H,17,18). The summed E-state index contributed by atoms with van der Waals surface area (Å²) in [5.74, 6) is -1.20. The van der Waals surface area contributed by atoms with E-state index in [9.17, 15) is 22.7 Å². The maximum absolute atomic E-state index is 13.2. The first-order valence-corrected chi connectivity index (χ1v) is 7.72. The van der Waals surface area contributed by atoms with Crippen molar-refractivity contribution < 1.29 is 22.7 Å². The van der Waals surface area contributed by atoms with Gasteiger partial charge in [0.25, 0.3) is 0 Å². The minimum absolute atomic E-state index is 0.0626. The van der Waals surface area contributed by atoms with E-state index in [1.807, 2.05) is 0 Å². The van der Waals surface area contributed by atoms with E-state index in [1.165, 1.54) is 19.0 Å². The molecule has 116 valence electrons. The highest BCUT2D eigenvalue weighted by Gasteiger charge is 2.28. The predicted octanol–water partition coefficient (Wildman–Crippen LogP) is 0.578. The molecule has 0 saturated carbocycles. The monoisotopic (exact) mass is 317 g/mol. The molecule has 0 spiro atoms. The number of anilines is 1. The molecule has 2 rings (SSSR count). The van der Waals surface area contributed by atoms with E-state index in [0.29, 0.717) is 13.0 Å². The molecule has 0 aromatic carbocycles.